The summed E-state index contributed by atoms with van der Waals surface area (Å²) in [6.07, 6.45) is 1.78. The zero-order valence-corrected chi connectivity index (χ0v) is 21.2. The third kappa shape index (κ3) is 17.9. The summed E-state index contributed by atoms with van der Waals surface area (Å²) in [6.45, 7) is 3.10. The highest BCUT2D eigenvalue weighted by Gasteiger charge is 2.21. The van der Waals surface area contributed by atoms with E-state index >= 15 is 0 Å². The first-order valence-electron chi connectivity index (χ1n) is 7.92. The monoisotopic (exact) mass is 591 g/mol. The lowest BCUT2D eigenvalue weighted by Gasteiger charge is -2.04. The van der Waals surface area contributed by atoms with Gasteiger partial charge in [0.05, 0.1) is 35.7 Å². The fraction of sp³-hybridized carbons (Fsp3) is 0.333. The standard InChI is InChI=1S/C7H6Cl2FN.C7H7ClFNO.CH3F.Cl4OS/c1-4(8)7-6(10)2-5(9)3-11-7;1-4(11)7-6(9)2-5(8)3-10-7;1-2;1-6(2,3,4)5/h2-4H,1H3;2-4,11H,1H3;1H3;/i;;1D;. The average molecular weight is 595 g/mol. The second-order valence-electron chi connectivity index (χ2n) is 4.94. The Morgan fingerprint density at radius 2 is 1.30 bits per heavy atom. The molecule has 0 spiro atoms. The molecule has 4 nitrogen and oxygen atoms in total. The first kappa shape index (κ1) is 30.2. The van der Waals surface area contributed by atoms with Gasteiger partial charge in [0.15, 0.2) is 5.92 Å². The Balaban J connectivity index is 0. The maximum absolute atomic E-state index is 12.9. The van der Waals surface area contributed by atoms with Crippen LogP contribution in [0.3, 0.4) is 0 Å². The molecule has 0 fully saturated rings. The summed E-state index contributed by atoms with van der Waals surface area (Å²) in [5.41, 5.74) is 0.255. The van der Waals surface area contributed by atoms with E-state index < -0.39 is 36.2 Å². The highest BCUT2D eigenvalue weighted by atomic mass is 36.4. The second kappa shape index (κ2) is 14.4. The Morgan fingerprint density at radius 3 is 1.53 bits per heavy atom. The van der Waals surface area contributed by atoms with Crippen LogP contribution >= 0.6 is 77.5 Å². The minimum atomic E-state index is -4.21. The van der Waals surface area contributed by atoms with Crippen LogP contribution in [0, 0.1) is 11.6 Å². The van der Waals surface area contributed by atoms with Gasteiger partial charge in [0.25, 0.3) is 0 Å². The van der Waals surface area contributed by atoms with E-state index in [1.54, 1.807) is 6.92 Å². The number of rotatable bonds is 2. The van der Waals surface area contributed by atoms with Crippen molar-refractivity contribution < 1.29 is 23.9 Å². The molecular weight excluding hydrogens is 577 g/mol. The predicted octanol–water partition coefficient (Wildman–Crippen LogP) is 8.11. The van der Waals surface area contributed by atoms with Crippen molar-refractivity contribution in [2.45, 2.75) is 25.3 Å². The summed E-state index contributed by atoms with van der Waals surface area (Å²) >= 11 is 16.5. The topological polar surface area (TPSA) is 63.1 Å². The maximum atomic E-state index is 12.9. The van der Waals surface area contributed by atoms with Gasteiger partial charge in [-0.15, -0.1) is 11.6 Å². The zero-order chi connectivity index (χ0) is 25.0. The normalized spacial score (nSPS) is 14.0. The van der Waals surface area contributed by atoms with Crippen molar-refractivity contribution in [3.8, 4) is 0 Å². The molecule has 30 heavy (non-hydrogen) atoms. The van der Waals surface area contributed by atoms with Crippen LogP contribution in [-0.2, 0) is 5.92 Å². The Kier molecular flexibility index (Phi) is 14.5. The van der Waals surface area contributed by atoms with Crippen molar-refractivity contribution in [3.63, 3.8) is 0 Å². The van der Waals surface area contributed by atoms with Gasteiger partial charge in [0.2, 0.25) is 0 Å². The van der Waals surface area contributed by atoms with E-state index in [1.807, 2.05) is 0 Å². The molecule has 2 aromatic rings. The quantitative estimate of drug-likeness (QED) is 0.282. The van der Waals surface area contributed by atoms with Crippen molar-refractivity contribution in [3.05, 3.63) is 57.6 Å². The summed E-state index contributed by atoms with van der Waals surface area (Å²) in [5, 5.41) is 9.04. The van der Waals surface area contributed by atoms with E-state index in [9.17, 15) is 17.4 Å². The van der Waals surface area contributed by atoms with Gasteiger partial charge >= 0.3 is 0 Å². The molecule has 2 rings (SSSR count). The predicted molar refractivity (Wildman–Crippen MR) is 122 cm³/mol. The van der Waals surface area contributed by atoms with Crippen LogP contribution in [0.1, 0.15) is 38.1 Å². The Hall–Kier alpha value is 0.230. The van der Waals surface area contributed by atoms with Gasteiger partial charge in [0, 0.05) is 55.1 Å². The summed E-state index contributed by atoms with van der Waals surface area (Å²) in [5.74, 6) is -5.25. The highest BCUT2D eigenvalue weighted by Crippen LogP contribution is 2.45. The molecule has 2 unspecified atom stereocenters. The van der Waals surface area contributed by atoms with E-state index in [0.717, 1.165) is 6.07 Å². The molecule has 2 aromatic heterocycles. The van der Waals surface area contributed by atoms with Crippen molar-refractivity contribution in [1.29, 1.82) is 0 Å². The molecule has 0 aliphatic rings. The molecule has 0 saturated carbocycles. The number of aliphatic hydroxyl groups excluding tert-OH is 1. The number of halogens is 10. The number of hydrogen-bond acceptors (Lipinski definition) is 4. The Labute approximate surface area is 206 Å². The molecule has 2 heterocycles. The molecular formula is C15H16Cl7F3N2O2S. The largest absolute Gasteiger partial charge is 0.387 e. The summed E-state index contributed by atoms with van der Waals surface area (Å²) in [7, 11) is 17.5. The molecule has 0 amide bonds. The lowest BCUT2D eigenvalue weighted by Crippen LogP contribution is -1.98. The third-order valence-electron chi connectivity index (χ3n) is 2.45. The summed E-state index contributed by atoms with van der Waals surface area (Å²) < 4.78 is 51.0. The summed E-state index contributed by atoms with van der Waals surface area (Å²) in [6, 6.07) is 2.32. The van der Waals surface area contributed by atoms with E-state index in [1.165, 1.54) is 25.4 Å². The van der Waals surface area contributed by atoms with Crippen LogP contribution in [-0.4, -0.2) is 26.4 Å². The number of alkyl halides is 2. The van der Waals surface area contributed by atoms with Gasteiger partial charge in [-0.3, -0.25) is 14.4 Å². The van der Waals surface area contributed by atoms with Crippen molar-refractivity contribution in [1.82, 2.24) is 9.97 Å². The van der Waals surface area contributed by atoms with Crippen LogP contribution in [0.4, 0.5) is 13.2 Å². The third-order valence-corrected chi connectivity index (χ3v) is 3.07. The van der Waals surface area contributed by atoms with E-state index in [2.05, 4.69) is 52.7 Å². The first-order chi connectivity index (χ1) is 13.9. The van der Waals surface area contributed by atoms with Crippen LogP contribution in [0.5, 0.6) is 0 Å². The summed E-state index contributed by atoms with van der Waals surface area (Å²) in [4.78, 5) is 7.36. The van der Waals surface area contributed by atoms with Crippen molar-refractivity contribution in [2.75, 3.05) is 7.15 Å². The molecule has 0 aromatic carbocycles. The SMILES string of the molecule is CC(Cl)c1ncc(Cl)cc1F.CC(O)c1ncc(Cl)cc1F.O=S(Cl)(Cl)(Cl)Cl.[2H]CF. The minimum Gasteiger partial charge on any atom is -0.387 e. The molecule has 0 aliphatic carbocycles. The van der Waals surface area contributed by atoms with Crippen LogP contribution < -0.4 is 0 Å². The van der Waals surface area contributed by atoms with Crippen molar-refractivity contribution >= 4 is 83.5 Å². The molecule has 2 atom stereocenters. The van der Waals surface area contributed by atoms with Gasteiger partial charge in [-0.2, -0.15) is 0 Å². The molecule has 1 N–H and O–H groups in total. The Bertz CT molecular complexity index is 813. The van der Waals surface area contributed by atoms with Gasteiger partial charge in [-0.1, -0.05) is 23.2 Å². The minimum absolute atomic E-state index is 0.0226. The maximum Gasteiger partial charge on any atom is 0.185 e. The molecule has 0 bridgehead atoms. The number of aromatic nitrogens is 2. The molecule has 0 aliphatic heterocycles. The van der Waals surface area contributed by atoms with Gasteiger partial charge in [-0.05, 0) is 26.0 Å². The van der Waals surface area contributed by atoms with Crippen LogP contribution in [0.2, 0.25) is 10.0 Å². The Morgan fingerprint density at radius 1 is 1.00 bits per heavy atom. The van der Waals surface area contributed by atoms with Crippen LogP contribution in [0.25, 0.3) is 0 Å². The van der Waals surface area contributed by atoms with Crippen molar-refractivity contribution in [2.24, 2.45) is 0 Å². The molecule has 15 heteroatoms. The molecule has 0 radical (unpaired) electrons. The van der Waals surface area contributed by atoms with Crippen LogP contribution in [0.15, 0.2) is 24.5 Å². The lowest BCUT2D eigenvalue weighted by atomic mass is 10.2. The van der Waals surface area contributed by atoms with E-state index in [0.29, 0.717) is 0 Å². The number of hydrogen-bond donors (Lipinski definition) is 1. The average Bonchev–Trinajstić information content (AvgIpc) is 2.52. The van der Waals surface area contributed by atoms with Gasteiger partial charge in [0.1, 0.15) is 17.3 Å². The van der Waals surface area contributed by atoms with E-state index in [-0.39, 0.29) is 21.4 Å². The number of nitrogens with zero attached hydrogens (tertiary/aromatic N) is 2. The number of pyridine rings is 2. The second-order valence-corrected chi connectivity index (χ2v) is 17.6. The number of aliphatic hydroxyl groups is 1. The zero-order valence-electron chi connectivity index (χ0n) is 16.1. The van der Waals surface area contributed by atoms with E-state index in [4.69, 9.17) is 41.3 Å². The lowest BCUT2D eigenvalue weighted by molar-refractivity contribution is 0.188. The van der Waals surface area contributed by atoms with Gasteiger partial charge in [-0.25, -0.2) is 13.0 Å². The fourth-order valence-corrected chi connectivity index (χ4v) is 1.90. The smallest absolute Gasteiger partial charge is 0.185 e. The fourth-order valence-electron chi connectivity index (χ4n) is 1.45. The molecule has 0 saturated heterocycles. The highest BCUT2D eigenvalue weighted by molar-refractivity contribution is 8.79. The molecule has 174 valence electrons. The first-order valence-corrected chi connectivity index (χ1v) is 13.7. The van der Waals surface area contributed by atoms with Gasteiger partial charge < -0.3 is 5.11 Å².